The molecule has 2 rings (SSSR count). The highest BCUT2D eigenvalue weighted by atomic mass is 32.2. The van der Waals surface area contributed by atoms with Crippen molar-refractivity contribution in [3.8, 4) is 5.75 Å². The van der Waals surface area contributed by atoms with Crippen LogP contribution in [-0.4, -0.2) is 56.5 Å². The molecule has 1 amide bonds. The minimum Gasteiger partial charge on any atom is -0.491 e. The van der Waals surface area contributed by atoms with Crippen LogP contribution in [0.4, 0.5) is 5.69 Å². The summed E-state index contributed by atoms with van der Waals surface area (Å²) < 4.78 is 28.8. The highest BCUT2D eigenvalue weighted by molar-refractivity contribution is 7.91. The van der Waals surface area contributed by atoms with Crippen LogP contribution in [0.1, 0.15) is 26.7 Å². The van der Waals surface area contributed by atoms with Crippen molar-refractivity contribution in [1.29, 1.82) is 0 Å². The molecule has 1 aliphatic heterocycles. The van der Waals surface area contributed by atoms with E-state index in [4.69, 9.17) is 4.74 Å². The number of nitrogens with zero attached hydrogens (tertiary/aromatic N) is 1. The Morgan fingerprint density at radius 3 is 2.83 bits per heavy atom. The van der Waals surface area contributed by atoms with E-state index >= 15 is 0 Å². The lowest BCUT2D eigenvalue weighted by atomic mass is 10.2. The van der Waals surface area contributed by atoms with Crippen molar-refractivity contribution >= 4 is 21.4 Å². The van der Waals surface area contributed by atoms with Crippen LogP contribution in [0, 0.1) is 0 Å². The Hall–Kier alpha value is -1.60. The molecule has 0 saturated carbocycles. The minimum atomic E-state index is -2.94. The number of sulfone groups is 1. The molecule has 1 aromatic rings. The Morgan fingerprint density at radius 1 is 1.46 bits per heavy atom. The van der Waals surface area contributed by atoms with Crippen molar-refractivity contribution < 1.29 is 17.9 Å². The summed E-state index contributed by atoms with van der Waals surface area (Å²) >= 11 is 0. The zero-order valence-corrected chi connectivity index (χ0v) is 15.3. The third-order valence-electron chi connectivity index (χ3n) is 4.25. The van der Waals surface area contributed by atoms with Crippen molar-refractivity contribution in [3.05, 3.63) is 24.3 Å². The normalized spacial score (nSPS) is 20.8. The van der Waals surface area contributed by atoms with E-state index in [0.717, 1.165) is 12.2 Å². The van der Waals surface area contributed by atoms with Crippen molar-refractivity contribution in [3.63, 3.8) is 0 Å². The van der Waals surface area contributed by atoms with Gasteiger partial charge in [-0.1, -0.05) is 13.0 Å². The third-order valence-corrected chi connectivity index (χ3v) is 6.01. The van der Waals surface area contributed by atoms with Crippen LogP contribution >= 0.6 is 0 Å². The first-order valence-electron chi connectivity index (χ1n) is 8.26. The molecule has 1 aromatic carbocycles. The first-order chi connectivity index (χ1) is 11.3. The topological polar surface area (TPSA) is 75.7 Å². The van der Waals surface area contributed by atoms with Crippen LogP contribution in [0.5, 0.6) is 5.75 Å². The van der Waals surface area contributed by atoms with Crippen molar-refractivity contribution in [2.24, 2.45) is 0 Å². The highest BCUT2D eigenvalue weighted by Gasteiger charge is 2.31. The third kappa shape index (κ3) is 5.49. The Kier molecular flexibility index (Phi) is 6.23. The van der Waals surface area contributed by atoms with Crippen LogP contribution in [-0.2, 0) is 14.6 Å². The van der Waals surface area contributed by atoms with E-state index in [2.05, 4.69) is 12.2 Å². The Bertz CT molecular complexity index is 675. The molecule has 0 aliphatic carbocycles. The van der Waals surface area contributed by atoms with E-state index < -0.39 is 9.84 Å². The number of rotatable bonds is 7. The lowest BCUT2D eigenvalue weighted by Gasteiger charge is -2.22. The number of carbonyl (C=O) groups is 1. The van der Waals surface area contributed by atoms with Gasteiger partial charge in [-0.25, -0.2) is 8.42 Å². The van der Waals surface area contributed by atoms with Gasteiger partial charge in [0.2, 0.25) is 5.91 Å². The Morgan fingerprint density at radius 2 is 2.21 bits per heavy atom. The number of hydrogen-bond donors (Lipinski definition) is 1. The van der Waals surface area contributed by atoms with Gasteiger partial charge in [0.25, 0.3) is 0 Å². The van der Waals surface area contributed by atoms with E-state index in [1.165, 1.54) is 0 Å². The molecule has 1 saturated heterocycles. The van der Waals surface area contributed by atoms with Gasteiger partial charge in [0.15, 0.2) is 9.84 Å². The Balaban J connectivity index is 1.89. The fourth-order valence-corrected chi connectivity index (χ4v) is 4.45. The second-order valence-corrected chi connectivity index (χ2v) is 8.61. The zero-order chi connectivity index (χ0) is 17.7. The first-order valence-corrected chi connectivity index (χ1v) is 10.1. The highest BCUT2D eigenvalue weighted by Crippen LogP contribution is 2.20. The van der Waals surface area contributed by atoms with Gasteiger partial charge >= 0.3 is 0 Å². The fourth-order valence-electron chi connectivity index (χ4n) is 2.64. The number of ether oxygens (including phenoxy) is 1. The van der Waals surface area contributed by atoms with E-state index in [0.29, 0.717) is 12.1 Å². The summed E-state index contributed by atoms with van der Waals surface area (Å²) in [5, 5.41) is 2.84. The Labute approximate surface area is 144 Å². The number of anilines is 1. The number of amides is 1. The zero-order valence-electron chi connectivity index (χ0n) is 14.5. The van der Waals surface area contributed by atoms with E-state index in [9.17, 15) is 13.2 Å². The first kappa shape index (κ1) is 18.7. The maximum absolute atomic E-state index is 12.2. The summed E-state index contributed by atoms with van der Waals surface area (Å²) in [6.45, 7) is 4.21. The molecule has 7 heteroatoms. The summed E-state index contributed by atoms with van der Waals surface area (Å²) in [7, 11) is -1.16. The monoisotopic (exact) mass is 354 g/mol. The van der Waals surface area contributed by atoms with Crippen LogP contribution in [0.25, 0.3) is 0 Å². The standard InChI is InChI=1S/C17H26N2O4S/c1-4-13(2)23-16-7-5-6-14(10-16)18-17(20)11-19(3)15-8-9-24(21,22)12-15/h5-7,10,13,15H,4,8-9,11-12H2,1-3H3,(H,18,20). The number of benzene rings is 1. The molecular formula is C17H26N2O4S. The van der Waals surface area contributed by atoms with Crippen molar-refractivity contribution in [2.45, 2.75) is 38.8 Å². The van der Waals surface area contributed by atoms with Crippen LogP contribution in [0.15, 0.2) is 24.3 Å². The van der Waals surface area contributed by atoms with Crippen LogP contribution < -0.4 is 10.1 Å². The smallest absolute Gasteiger partial charge is 0.238 e. The summed E-state index contributed by atoms with van der Waals surface area (Å²) in [6.07, 6.45) is 1.61. The summed E-state index contributed by atoms with van der Waals surface area (Å²) in [5.74, 6) is 0.896. The van der Waals surface area contributed by atoms with Crippen molar-refractivity contribution in [1.82, 2.24) is 4.90 Å². The minimum absolute atomic E-state index is 0.0826. The van der Waals surface area contributed by atoms with Gasteiger partial charge < -0.3 is 10.1 Å². The molecule has 1 N–H and O–H groups in total. The molecule has 0 bridgehead atoms. The molecular weight excluding hydrogens is 328 g/mol. The van der Waals surface area contributed by atoms with Gasteiger partial charge in [-0.2, -0.15) is 0 Å². The van der Waals surface area contributed by atoms with Crippen LogP contribution in [0.2, 0.25) is 0 Å². The number of nitrogens with one attached hydrogen (secondary N) is 1. The quantitative estimate of drug-likeness (QED) is 0.810. The van der Waals surface area contributed by atoms with Gasteiger partial charge in [0.05, 0.1) is 24.2 Å². The van der Waals surface area contributed by atoms with E-state index in [1.54, 1.807) is 24.1 Å². The molecule has 1 heterocycles. The molecule has 2 unspecified atom stereocenters. The molecule has 1 aliphatic rings. The van der Waals surface area contributed by atoms with E-state index in [1.807, 2.05) is 19.1 Å². The molecule has 6 nitrogen and oxygen atoms in total. The predicted molar refractivity (Wildman–Crippen MR) is 95.1 cm³/mol. The lowest BCUT2D eigenvalue weighted by Crippen LogP contribution is -2.38. The molecule has 2 atom stereocenters. The fraction of sp³-hybridized carbons (Fsp3) is 0.588. The molecule has 0 spiro atoms. The van der Waals surface area contributed by atoms with Crippen LogP contribution in [0.3, 0.4) is 0 Å². The second kappa shape index (κ2) is 7.98. The molecule has 24 heavy (non-hydrogen) atoms. The second-order valence-electron chi connectivity index (χ2n) is 6.38. The van der Waals surface area contributed by atoms with Crippen molar-refractivity contribution in [2.75, 3.05) is 30.4 Å². The van der Waals surface area contributed by atoms with E-state index in [-0.39, 0.29) is 36.1 Å². The van der Waals surface area contributed by atoms with Gasteiger partial charge in [0.1, 0.15) is 5.75 Å². The lowest BCUT2D eigenvalue weighted by molar-refractivity contribution is -0.117. The summed E-state index contributed by atoms with van der Waals surface area (Å²) in [5.41, 5.74) is 0.674. The van der Waals surface area contributed by atoms with Gasteiger partial charge in [-0.15, -0.1) is 0 Å². The largest absolute Gasteiger partial charge is 0.491 e. The summed E-state index contributed by atoms with van der Waals surface area (Å²) in [6, 6.07) is 7.21. The summed E-state index contributed by atoms with van der Waals surface area (Å²) in [4.78, 5) is 14.0. The molecule has 0 radical (unpaired) electrons. The number of hydrogen-bond acceptors (Lipinski definition) is 5. The average molecular weight is 354 g/mol. The number of carbonyl (C=O) groups excluding carboxylic acids is 1. The van der Waals surface area contributed by atoms with Gasteiger partial charge in [-0.05, 0) is 38.9 Å². The number of likely N-dealkylation sites (N-methyl/N-ethyl adjacent to an activating group) is 1. The average Bonchev–Trinajstić information content (AvgIpc) is 2.87. The van der Waals surface area contributed by atoms with Gasteiger partial charge in [-0.3, -0.25) is 9.69 Å². The predicted octanol–water partition coefficient (Wildman–Crippen LogP) is 1.92. The molecule has 134 valence electrons. The molecule has 1 fully saturated rings. The molecule has 0 aromatic heterocycles. The SMILES string of the molecule is CCC(C)Oc1cccc(NC(=O)CN(C)C2CCS(=O)(=O)C2)c1. The maximum atomic E-state index is 12.2. The van der Waals surface area contributed by atoms with Gasteiger partial charge in [0, 0.05) is 17.8 Å². The maximum Gasteiger partial charge on any atom is 0.238 e.